The number of nitrogens with one attached hydrogen (secondary N) is 1. The SMILES string of the molecule is CCS(=O)(=O)CCCC(C)(O)CCNC(C)(C)C. The molecule has 0 rings (SSSR count). The highest BCUT2D eigenvalue weighted by molar-refractivity contribution is 7.91. The molecule has 0 fully saturated rings. The van der Waals surface area contributed by atoms with Crippen molar-refractivity contribution in [2.45, 2.75) is 65.0 Å². The van der Waals surface area contributed by atoms with Gasteiger partial charge in [-0.15, -0.1) is 0 Å². The maximum absolute atomic E-state index is 11.3. The van der Waals surface area contributed by atoms with Gasteiger partial charge >= 0.3 is 0 Å². The van der Waals surface area contributed by atoms with Gasteiger partial charge in [0.25, 0.3) is 0 Å². The van der Waals surface area contributed by atoms with Crippen molar-refractivity contribution < 1.29 is 13.5 Å². The first-order valence-corrected chi connectivity index (χ1v) is 8.47. The molecule has 0 spiro atoms. The first-order valence-electron chi connectivity index (χ1n) is 6.65. The number of hydrogen-bond acceptors (Lipinski definition) is 4. The maximum Gasteiger partial charge on any atom is 0.150 e. The van der Waals surface area contributed by atoms with E-state index in [4.69, 9.17) is 0 Å². The third kappa shape index (κ3) is 9.85. The van der Waals surface area contributed by atoms with E-state index in [-0.39, 0.29) is 17.0 Å². The monoisotopic (exact) mass is 279 g/mol. The Morgan fingerprint density at radius 3 is 2.11 bits per heavy atom. The lowest BCUT2D eigenvalue weighted by Crippen LogP contribution is -2.39. The summed E-state index contributed by atoms with van der Waals surface area (Å²) in [5.74, 6) is 0.354. The van der Waals surface area contributed by atoms with Gasteiger partial charge in [-0.05, 0) is 53.5 Å². The number of hydrogen-bond donors (Lipinski definition) is 2. The predicted octanol–water partition coefficient (Wildman–Crippen LogP) is 1.73. The molecule has 0 aliphatic carbocycles. The van der Waals surface area contributed by atoms with Gasteiger partial charge in [0.05, 0.1) is 11.4 Å². The zero-order valence-corrected chi connectivity index (χ0v) is 13.2. The van der Waals surface area contributed by atoms with Gasteiger partial charge in [-0.25, -0.2) is 8.42 Å². The molecule has 4 nitrogen and oxygen atoms in total. The van der Waals surface area contributed by atoms with Crippen LogP contribution in [0.4, 0.5) is 0 Å². The molecule has 0 aromatic heterocycles. The van der Waals surface area contributed by atoms with E-state index >= 15 is 0 Å². The molecule has 0 saturated heterocycles. The van der Waals surface area contributed by atoms with Crippen LogP contribution in [0.1, 0.15) is 53.9 Å². The summed E-state index contributed by atoms with van der Waals surface area (Å²) in [6.45, 7) is 10.4. The van der Waals surface area contributed by atoms with E-state index in [1.54, 1.807) is 13.8 Å². The summed E-state index contributed by atoms with van der Waals surface area (Å²) in [6.07, 6.45) is 1.69. The molecule has 0 aliphatic heterocycles. The van der Waals surface area contributed by atoms with Crippen molar-refractivity contribution in [1.82, 2.24) is 5.32 Å². The molecule has 0 saturated carbocycles. The third-order valence-electron chi connectivity index (χ3n) is 2.93. The fourth-order valence-electron chi connectivity index (χ4n) is 1.65. The van der Waals surface area contributed by atoms with Gasteiger partial charge < -0.3 is 10.4 Å². The van der Waals surface area contributed by atoms with Crippen molar-refractivity contribution in [3.63, 3.8) is 0 Å². The minimum Gasteiger partial charge on any atom is -0.390 e. The van der Waals surface area contributed by atoms with Crippen molar-refractivity contribution in [3.8, 4) is 0 Å². The Kier molecular flexibility index (Phi) is 6.82. The molecule has 110 valence electrons. The predicted molar refractivity (Wildman–Crippen MR) is 76.6 cm³/mol. The van der Waals surface area contributed by atoms with Crippen molar-refractivity contribution in [2.24, 2.45) is 0 Å². The Hall–Kier alpha value is -0.130. The summed E-state index contributed by atoms with van der Waals surface area (Å²) >= 11 is 0. The fraction of sp³-hybridized carbons (Fsp3) is 1.00. The second-order valence-electron chi connectivity index (χ2n) is 6.26. The summed E-state index contributed by atoms with van der Waals surface area (Å²) in [5, 5.41) is 13.5. The van der Waals surface area contributed by atoms with Crippen LogP contribution in [0.3, 0.4) is 0 Å². The highest BCUT2D eigenvalue weighted by Gasteiger charge is 2.21. The van der Waals surface area contributed by atoms with Crippen LogP contribution in [0.5, 0.6) is 0 Å². The van der Waals surface area contributed by atoms with E-state index < -0.39 is 15.4 Å². The van der Waals surface area contributed by atoms with Crippen LogP contribution >= 0.6 is 0 Å². The summed E-state index contributed by atoms with van der Waals surface area (Å²) in [4.78, 5) is 0. The summed E-state index contributed by atoms with van der Waals surface area (Å²) in [7, 11) is -2.91. The first kappa shape index (κ1) is 17.9. The quantitative estimate of drug-likeness (QED) is 0.710. The lowest BCUT2D eigenvalue weighted by Gasteiger charge is -2.27. The van der Waals surface area contributed by atoms with Crippen molar-refractivity contribution in [2.75, 3.05) is 18.1 Å². The standard InChI is InChI=1S/C13H29NO3S/c1-6-18(16,17)11-7-8-13(5,15)9-10-14-12(2,3)4/h14-15H,6-11H2,1-5H3. The molecule has 18 heavy (non-hydrogen) atoms. The van der Waals surface area contributed by atoms with Crippen LogP contribution in [0, 0.1) is 0 Å². The van der Waals surface area contributed by atoms with Crippen molar-refractivity contribution >= 4 is 9.84 Å². The van der Waals surface area contributed by atoms with Crippen LogP contribution in [-0.2, 0) is 9.84 Å². The smallest absolute Gasteiger partial charge is 0.150 e. The summed E-state index contributed by atoms with van der Waals surface area (Å²) in [5.41, 5.74) is -0.747. The summed E-state index contributed by atoms with van der Waals surface area (Å²) < 4.78 is 22.7. The average Bonchev–Trinajstić information content (AvgIpc) is 2.14. The van der Waals surface area contributed by atoms with Crippen LogP contribution in [0.25, 0.3) is 0 Å². The molecule has 2 N–H and O–H groups in total. The number of aliphatic hydroxyl groups is 1. The maximum atomic E-state index is 11.3. The molecule has 0 amide bonds. The molecule has 5 heteroatoms. The van der Waals surface area contributed by atoms with E-state index in [1.165, 1.54) is 0 Å². The lowest BCUT2D eigenvalue weighted by atomic mass is 9.96. The van der Waals surface area contributed by atoms with Gasteiger partial charge in [-0.3, -0.25) is 0 Å². The van der Waals surface area contributed by atoms with Crippen LogP contribution in [-0.4, -0.2) is 42.7 Å². The second kappa shape index (κ2) is 6.87. The molecule has 0 heterocycles. The highest BCUT2D eigenvalue weighted by atomic mass is 32.2. The van der Waals surface area contributed by atoms with E-state index in [0.29, 0.717) is 19.3 Å². The molecule has 1 atom stereocenters. The molecule has 0 aromatic rings. The number of rotatable bonds is 8. The molecular weight excluding hydrogens is 250 g/mol. The number of sulfone groups is 1. The zero-order valence-electron chi connectivity index (χ0n) is 12.4. The molecule has 0 bridgehead atoms. The summed E-state index contributed by atoms with van der Waals surface area (Å²) in [6, 6.07) is 0. The zero-order chi connectivity index (χ0) is 14.4. The van der Waals surface area contributed by atoms with E-state index in [9.17, 15) is 13.5 Å². The van der Waals surface area contributed by atoms with Gasteiger partial charge in [0.2, 0.25) is 0 Å². The lowest BCUT2D eigenvalue weighted by molar-refractivity contribution is 0.0403. The Balaban J connectivity index is 3.94. The minimum atomic E-state index is -2.91. The minimum absolute atomic E-state index is 0.0433. The van der Waals surface area contributed by atoms with Gasteiger partial charge in [0.15, 0.2) is 0 Å². The van der Waals surface area contributed by atoms with Crippen LogP contribution in [0.15, 0.2) is 0 Å². The average molecular weight is 279 g/mol. The van der Waals surface area contributed by atoms with E-state index in [0.717, 1.165) is 6.54 Å². The van der Waals surface area contributed by atoms with Crippen molar-refractivity contribution in [3.05, 3.63) is 0 Å². The largest absolute Gasteiger partial charge is 0.390 e. The third-order valence-corrected chi connectivity index (χ3v) is 4.72. The second-order valence-corrected chi connectivity index (χ2v) is 8.74. The highest BCUT2D eigenvalue weighted by Crippen LogP contribution is 2.17. The molecule has 0 aliphatic rings. The molecule has 0 aromatic carbocycles. The molecular formula is C13H29NO3S. The van der Waals surface area contributed by atoms with Gasteiger partial charge in [-0.1, -0.05) is 6.92 Å². The van der Waals surface area contributed by atoms with Gasteiger partial charge in [0.1, 0.15) is 9.84 Å². The fourth-order valence-corrected chi connectivity index (χ4v) is 2.52. The molecule has 0 radical (unpaired) electrons. The Morgan fingerprint density at radius 1 is 1.11 bits per heavy atom. The Labute approximate surface area is 112 Å². The Morgan fingerprint density at radius 2 is 1.67 bits per heavy atom. The van der Waals surface area contributed by atoms with Crippen LogP contribution in [0.2, 0.25) is 0 Å². The van der Waals surface area contributed by atoms with Gasteiger partial charge in [0, 0.05) is 11.3 Å². The van der Waals surface area contributed by atoms with E-state index in [1.807, 2.05) is 0 Å². The van der Waals surface area contributed by atoms with Crippen LogP contribution < -0.4 is 5.32 Å². The topological polar surface area (TPSA) is 66.4 Å². The normalized spacial score (nSPS) is 16.6. The van der Waals surface area contributed by atoms with Gasteiger partial charge in [-0.2, -0.15) is 0 Å². The Bertz CT molecular complexity index is 329. The molecule has 1 unspecified atom stereocenters. The first-order chi connectivity index (χ1) is 7.97. The van der Waals surface area contributed by atoms with E-state index in [2.05, 4.69) is 26.1 Å². The van der Waals surface area contributed by atoms with Crippen molar-refractivity contribution in [1.29, 1.82) is 0 Å².